The first kappa shape index (κ1) is 15.9. The number of hydrogen-bond acceptors (Lipinski definition) is 7. The summed E-state index contributed by atoms with van der Waals surface area (Å²) in [5.74, 6) is -0.552. The predicted octanol–water partition coefficient (Wildman–Crippen LogP) is 1.92. The van der Waals surface area contributed by atoms with Crippen LogP contribution in [0.5, 0.6) is 0 Å². The summed E-state index contributed by atoms with van der Waals surface area (Å²) in [4.78, 5) is 11.9. The molecular weight excluding hydrogens is 288 g/mol. The van der Waals surface area contributed by atoms with Crippen LogP contribution in [0.2, 0.25) is 0 Å². The van der Waals surface area contributed by atoms with Crippen molar-refractivity contribution in [2.45, 2.75) is 13.2 Å². The summed E-state index contributed by atoms with van der Waals surface area (Å²) >= 11 is 0. The Bertz CT molecular complexity index is 681. The number of carbonyl (C=O) groups is 1. The first-order valence-corrected chi connectivity index (χ1v) is 6.64. The zero-order chi connectivity index (χ0) is 16.3. The van der Waals surface area contributed by atoms with Crippen LogP contribution >= 0.6 is 0 Å². The van der Waals surface area contributed by atoms with Gasteiger partial charge in [-0.1, -0.05) is 6.07 Å². The molecule has 5 N–H and O–H groups in total. The van der Waals surface area contributed by atoms with Crippen LogP contribution in [-0.2, 0) is 9.47 Å². The summed E-state index contributed by atoms with van der Waals surface area (Å²) < 4.78 is 15.0. The summed E-state index contributed by atoms with van der Waals surface area (Å²) in [6.07, 6.45) is 0.0990. The molecule has 0 bridgehead atoms. The number of aliphatic hydroxyl groups is 1. The second-order valence-corrected chi connectivity index (χ2v) is 4.50. The third-order valence-corrected chi connectivity index (χ3v) is 3.21. The molecule has 0 spiro atoms. The van der Waals surface area contributed by atoms with E-state index in [0.29, 0.717) is 11.1 Å². The van der Waals surface area contributed by atoms with Gasteiger partial charge in [-0.15, -0.1) is 0 Å². The molecule has 22 heavy (non-hydrogen) atoms. The van der Waals surface area contributed by atoms with Gasteiger partial charge in [-0.25, -0.2) is 4.79 Å². The number of hydrogen-bond donors (Lipinski definition) is 3. The van der Waals surface area contributed by atoms with Crippen molar-refractivity contribution >= 4 is 17.3 Å². The number of nitrogen functional groups attached to an aromatic ring is 2. The highest BCUT2D eigenvalue weighted by atomic mass is 16.6. The Morgan fingerprint density at radius 3 is 2.68 bits per heavy atom. The Labute approximate surface area is 127 Å². The zero-order valence-corrected chi connectivity index (χ0v) is 12.3. The average molecular weight is 306 g/mol. The van der Waals surface area contributed by atoms with Crippen molar-refractivity contribution in [2.75, 3.05) is 25.2 Å². The van der Waals surface area contributed by atoms with E-state index in [2.05, 4.69) is 0 Å². The molecule has 0 saturated heterocycles. The standard InChI is InChI=1S/C15H18N2O5/c1-3-21-15(19)13-9(6-7-22-13)8-4-5-10(16)11(12(8)17)14(18)20-2/h4-7,14,18H,3,16-17H2,1-2H3. The number of furan rings is 1. The molecular formula is C15H18N2O5. The van der Waals surface area contributed by atoms with Crippen LogP contribution < -0.4 is 11.5 Å². The van der Waals surface area contributed by atoms with E-state index < -0.39 is 12.3 Å². The maximum absolute atomic E-state index is 11.9. The first-order valence-electron chi connectivity index (χ1n) is 6.64. The molecule has 0 saturated carbocycles. The Morgan fingerprint density at radius 1 is 1.32 bits per heavy atom. The summed E-state index contributed by atoms with van der Waals surface area (Å²) in [7, 11) is 1.33. The molecule has 1 heterocycles. The monoisotopic (exact) mass is 306 g/mol. The molecule has 7 nitrogen and oxygen atoms in total. The number of aliphatic hydroxyl groups excluding tert-OH is 1. The second-order valence-electron chi connectivity index (χ2n) is 4.50. The lowest BCUT2D eigenvalue weighted by Gasteiger charge is -2.17. The molecule has 0 aliphatic carbocycles. The van der Waals surface area contributed by atoms with Crippen molar-refractivity contribution < 1.29 is 23.8 Å². The van der Waals surface area contributed by atoms with E-state index in [4.69, 9.17) is 25.4 Å². The Morgan fingerprint density at radius 2 is 2.05 bits per heavy atom. The molecule has 0 aliphatic heterocycles. The molecule has 0 amide bonds. The lowest BCUT2D eigenvalue weighted by Crippen LogP contribution is -2.10. The van der Waals surface area contributed by atoms with Crippen molar-refractivity contribution in [3.63, 3.8) is 0 Å². The zero-order valence-electron chi connectivity index (χ0n) is 12.3. The maximum atomic E-state index is 11.9. The minimum absolute atomic E-state index is 0.0381. The van der Waals surface area contributed by atoms with Crippen molar-refractivity contribution in [3.8, 4) is 11.1 Å². The number of ether oxygens (including phenoxy) is 2. The largest absolute Gasteiger partial charge is 0.460 e. The van der Waals surface area contributed by atoms with Gasteiger partial charge in [0.15, 0.2) is 6.29 Å². The molecule has 1 unspecified atom stereocenters. The Hall–Kier alpha value is -2.51. The molecule has 2 aromatic rings. The fourth-order valence-electron chi connectivity index (χ4n) is 2.16. The normalized spacial score (nSPS) is 12.1. The van der Waals surface area contributed by atoms with Gasteiger partial charge in [0.1, 0.15) is 0 Å². The summed E-state index contributed by atoms with van der Waals surface area (Å²) in [5, 5.41) is 9.88. The number of carbonyl (C=O) groups excluding carboxylic acids is 1. The van der Waals surface area contributed by atoms with Crippen LogP contribution in [0, 0.1) is 0 Å². The number of rotatable bonds is 5. The molecule has 2 rings (SSSR count). The third kappa shape index (κ3) is 2.76. The highest BCUT2D eigenvalue weighted by Gasteiger charge is 2.23. The SMILES string of the molecule is CCOC(=O)c1occc1-c1ccc(N)c(C(O)OC)c1N. The van der Waals surface area contributed by atoms with Gasteiger partial charge in [-0.3, -0.25) is 0 Å². The number of benzene rings is 1. The van der Waals surface area contributed by atoms with Gasteiger partial charge in [0.25, 0.3) is 0 Å². The van der Waals surface area contributed by atoms with Crippen LogP contribution in [0.3, 0.4) is 0 Å². The average Bonchev–Trinajstić information content (AvgIpc) is 2.96. The maximum Gasteiger partial charge on any atom is 0.374 e. The van der Waals surface area contributed by atoms with Crippen LogP contribution in [0.25, 0.3) is 11.1 Å². The van der Waals surface area contributed by atoms with Gasteiger partial charge < -0.3 is 30.5 Å². The van der Waals surface area contributed by atoms with Gasteiger partial charge in [0, 0.05) is 29.6 Å². The third-order valence-electron chi connectivity index (χ3n) is 3.21. The predicted molar refractivity (Wildman–Crippen MR) is 80.9 cm³/mol. The second kappa shape index (κ2) is 6.50. The molecule has 0 fully saturated rings. The smallest absolute Gasteiger partial charge is 0.374 e. The number of esters is 1. The highest BCUT2D eigenvalue weighted by molar-refractivity contribution is 5.97. The molecule has 7 heteroatoms. The molecule has 118 valence electrons. The summed E-state index contributed by atoms with van der Waals surface area (Å²) in [6, 6.07) is 4.81. The van der Waals surface area contributed by atoms with E-state index in [-0.39, 0.29) is 29.3 Å². The molecule has 1 aromatic carbocycles. The van der Waals surface area contributed by atoms with Gasteiger partial charge in [0.2, 0.25) is 5.76 Å². The van der Waals surface area contributed by atoms with E-state index >= 15 is 0 Å². The number of anilines is 2. The van der Waals surface area contributed by atoms with Crippen molar-refractivity contribution in [3.05, 3.63) is 35.8 Å². The topological polar surface area (TPSA) is 121 Å². The Kier molecular flexibility index (Phi) is 4.69. The van der Waals surface area contributed by atoms with Crippen molar-refractivity contribution in [1.82, 2.24) is 0 Å². The van der Waals surface area contributed by atoms with Gasteiger partial charge in [-0.05, 0) is 19.1 Å². The minimum Gasteiger partial charge on any atom is -0.460 e. The van der Waals surface area contributed by atoms with Gasteiger partial charge in [0.05, 0.1) is 18.4 Å². The van der Waals surface area contributed by atoms with E-state index in [1.807, 2.05) is 0 Å². The summed E-state index contributed by atoms with van der Waals surface area (Å²) in [5.41, 5.74) is 13.6. The Balaban J connectivity index is 2.55. The van der Waals surface area contributed by atoms with Crippen LogP contribution in [0.15, 0.2) is 28.9 Å². The van der Waals surface area contributed by atoms with Gasteiger partial charge in [-0.2, -0.15) is 0 Å². The highest BCUT2D eigenvalue weighted by Crippen LogP contribution is 2.37. The molecule has 0 aliphatic rings. The van der Waals surface area contributed by atoms with E-state index in [1.54, 1.807) is 25.1 Å². The number of nitrogens with two attached hydrogens (primary N) is 2. The number of methoxy groups -OCH3 is 1. The van der Waals surface area contributed by atoms with E-state index in [9.17, 15) is 9.90 Å². The van der Waals surface area contributed by atoms with Crippen molar-refractivity contribution in [2.24, 2.45) is 0 Å². The van der Waals surface area contributed by atoms with Crippen LogP contribution in [0.4, 0.5) is 11.4 Å². The molecule has 1 aromatic heterocycles. The quantitative estimate of drug-likeness (QED) is 0.438. The fraction of sp³-hybridized carbons (Fsp3) is 0.267. The van der Waals surface area contributed by atoms with E-state index in [0.717, 1.165) is 0 Å². The lowest BCUT2D eigenvalue weighted by molar-refractivity contribution is -0.0758. The fourth-order valence-corrected chi connectivity index (χ4v) is 2.16. The first-order chi connectivity index (χ1) is 10.5. The van der Waals surface area contributed by atoms with Crippen molar-refractivity contribution in [1.29, 1.82) is 0 Å². The van der Waals surface area contributed by atoms with Gasteiger partial charge >= 0.3 is 5.97 Å². The lowest BCUT2D eigenvalue weighted by atomic mass is 9.99. The minimum atomic E-state index is -1.27. The molecule has 1 atom stereocenters. The van der Waals surface area contributed by atoms with Crippen LogP contribution in [-0.4, -0.2) is 24.8 Å². The summed E-state index contributed by atoms with van der Waals surface area (Å²) in [6.45, 7) is 1.93. The van der Waals surface area contributed by atoms with Crippen LogP contribution in [0.1, 0.15) is 29.3 Å². The van der Waals surface area contributed by atoms with E-state index in [1.165, 1.54) is 13.4 Å². The molecule has 0 radical (unpaired) electrons.